The number of fused-ring (bicyclic) bond motifs is 1. The minimum atomic E-state index is -1.21. The molecule has 3 rings (SSSR count). The second kappa shape index (κ2) is 5.06. The predicted molar refractivity (Wildman–Crippen MR) is 74.4 cm³/mol. The third kappa shape index (κ3) is 2.27. The molecule has 22 heavy (non-hydrogen) atoms. The number of nitriles is 1. The highest BCUT2D eigenvalue weighted by atomic mass is 16.4. The van der Waals surface area contributed by atoms with Crippen LogP contribution < -0.4 is 5.32 Å². The van der Waals surface area contributed by atoms with Crippen LogP contribution >= 0.6 is 0 Å². The number of carbonyl (C=O) groups is 2. The number of carboxylic acids is 1. The van der Waals surface area contributed by atoms with Crippen molar-refractivity contribution >= 4 is 28.8 Å². The number of aromatic amines is 1. The number of hydrogen-bond acceptors (Lipinski definition) is 5. The zero-order valence-corrected chi connectivity index (χ0v) is 11.0. The van der Waals surface area contributed by atoms with Gasteiger partial charge in [-0.2, -0.15) is 10.4 Å². The molecule has 8 nitrogen and oxygen atoms in total. The van der Waals surface area contributed by atoms with Crippen LogP contribution in [0.3, 0.4) is 0 Å². The van der Waals surface area contributed by atoms with Gasteiger partial charge >= 0.3 is 5.97 Å². The number of furan rings is 1. The highest BCUT2D eigenvalue weighted by Gasteiger charge is 2.18. The van der Waals surface area contributed by atoms with Gasteiger partial charge < -0.3 is 14.8 Å². The number of benzene rings is 1. The fourth-order valence-electron chi connectivity index (χ4n) is 1.88. The number of aromatic carboxylic acids is 1. The molecule has 0 unspecified atom stereocenters. The monoisotopic (exact) mass is 296 g/mol. The molecule has 0 radical (unpaired) electrons. The number of nitrogens with one attached hydrogen (secondary N) is 2. The van der Waals surface area contributed by atoms with Crippen molar-refractivity contribution < 1.29 is 19.1 Å². The molecule has 2 aromatic heterocycles. The van der Waals surface area contributed by atoms with E-state index >= 15 is 0 Å². The summed E-state index contributed by atoms with van der Waals surface area (Å²) < 4.78 is 5.12. The normalized spacial score (nSPS) is 10.3. The molecule has 0 aliphatic carbocycles. The number of carboxylic acid groups (broad SMARTS) is 1. The third-order valence-corrected chi connectivity index (χ3v) is 2.95. The number of carbonyl (C=O) groups excluding carboxylic acids is 1. The molecule has 0 bridgehead atoms. The summed E-state index contributed by atoms with van der Waals surface area (Å²) in [6.07, 6.45) is 0. The molecule has 2 heterocycles. The number of hydrogen-bond donors (Lipinski definition) is 3. The van der Waals surface area contributed by atoms with Crippen molar-refractivity contribution in [3.63, 3.8) is 0 Å². The maximum absolute atomic E-state index is 12.1. The molecule has 108 valence electrons. The van der Waals surface area contributed by atoms with Crippen LogP contribution in [0.25, 0.3) is 11.1 Å². The molecule has 0 fully saturated rings. The molecule has 1 aromatic carbocycles. The Balaban J connectivity index is 1.87. The van der Waals surface area contributed by atoms with Crippen LogP contribution in [-0.2, 0) is 0 Å². The van der Waals surface area contributed by atoms with Crippen molar-refractivity contribution in [2.75, 3.05) is 5.32 Å². The molecular weight excluding hydrogens is 288 g/mol. The minimum absolute atomic E-state index is 0.0943. The summed E-state index contributed by atoms with van der Waals surface area (Å²) >= 11 is 0. The van der Waals surface area contributed by atoms with E-state index in [-0.39, 0.29) is 17.2 Å². The number of aromatic nitrogens is 2. The Hall–Kier alpha value is -3.60. The first kappa shape index (κ1) is 13.4. The van der Waals surface area contributed by atoms with E-state index in [1.807, 2.05) is 6.07 Å². The smallest absolute Gasteiger partial charge is 0.371 e. The maximum Gasteiger partial charge on any atom is 0.371 e. The number of anilines is 1. The SMILES string of the molecule is N#Cc1ccc(C(=O)Nc2n[nH]c3cc(C(=O)O)oc23)cc1. The van der Waals surface area contributed by atoms with Crippen LogP contribution in [-0.4, -0.2) is 27.2 Å². The first-order valence-electron chi connectivity index (χ1n) is 6.11. The lowest BCUT2D eigenvalue weighted by Crippen LogP contribution is -2.12. The predicted octanol–water partition coefficient (Wildman–Crippen LogP) is 1.98. The van der Waals surface area contributed by atoms with Crippen molar-refractivity contribution in [1.82, 2.24) is 10.2 Å². The summed E-state index contributed by atoms with van der Waals surface area (Å²) in [6.45, 7) is 0. The van der Waals surface area contributed by atoms with Gasteiger partial charge in [-0.25, -0.2) is 4.79 Å². The van der Waals surface area contributed by atoms with Gasteiger partial charge in [0.05, 0.1) is 11.6 Å². The molecule has 3 N–H and O–H groups in total. The van der Waals surface area contributed by atoms with Gasteiger partial charge in [-0.15, -0.1) is 0 Å². The molecule has 0 atom stereocenters. The number of rotatable bonds is 3. The summed E-state index contributed by atoms with van der Waals surface area (Å²) in [5, 5.41) is 26.5. The van der Waals surface area contributed by atoms with Crippen LogP contribution in [0.5, 0.6) is 0 Å². The Morgan fingerprint density at radius 2 is 2.05 bits per heavy atom. The second-order valence-electron chi connectivity index (χ2n) is 4.37. The lowest BCUT2D eigenvalue weighted by Gasteiger charge is -2.01. The van der Waals surface area contributed by atoms with E-state index in [1.54, 1.807) is 0 Å². The average molecular weight is 296 g/mol. The number of amides is 1. The first-order valence-corrected chi connectivity index (χ1v) is 6.11. The summed E-state index contributed by atoms with van der Waals surface area (Å²) in [5.41, 5.74) is 1.29. The van der Waals surface area contributed by atoms with E-state index in [9.17, 15) is 9.59 Å². The highest BCUT2D eigenvalue weighted by Crippen LogP contribution is 2.24. The summed E-state index contributed by atoms with van der Waals surface area (Å²) in [6, 6.07) is 9.28. The number of nitrogens with zero attached hydrogens (tertiary/aromatic N) is 2. The molecule has 3 aromatic rings. The van der Waals surface area contributed by atoms with E-state index < -0.39 is 11.9 Å². The van der Waals surface area contributed by atoms with Gasteiger partial charge in [-0.3, -0.25) is 9.89 Å². The van der Waals surface area contributed by atoms with Crippen LogP contribution in [0.2, 0.25) is 0 Å². The molecule has 0 aliphatic heterocycles. The fourth-order valence-corrected chi connectivity index (χ4v) is 1.88. The van der Waals surface area contributed by atoms with E-state index in [0.29, 0.717) is 16.6 Å². The van der Waals surface area contributed by atoms with Gasteiger partial charge in [0.15, 0.2) is 11.4 Å². The quantitative estimate of drug-likeness (QED) is 0.677. The molecular formula is C14H8N4O4. The molecule has 0 spiro atoms. The largest absolute Gasteiger partial charge is 0.475 e. The fraction of sp³-hybridized carbons (Fsp3) is 0. The van der Waals surface area contributed by atoms with Gasteiger partial charge in [0.1, 0.15) is 5.52 Å². The van der Waals surface area contributed by atoms with E-state index in [0.717, 1.165) is 0 Å². The summed E-state index contributed by atoms with van der Waals surface area (Å²) in [7, 11) is 0. The zero-order chi connectivity index (χ0) is 15.7. The Morgan fingerprint density at radius 3 is 2.68 bits per heavy atom. The highest BCUT2D eigenvalue weighted by molar-refractivity contribution is 6.07. The molecule has 1 amide bonds. The molecule has 0 saturated carbocycles. The maximum atomic E-state index is 12.1. The summed E-state index contributed by atoms with van der Waals surface area (Å²) in [5.74, 6) is -1.82. The molecule has 0 aliphatic rings. The lowest BCUT2D eigenvalue weighted by atomic mass is 10.1. The summed E-state index contributed by atoms with van der Waals surface area (Å²) in [4.78, 5) is 22.9. The van der Waals surface area contributed by atoms with Crippen molar-refractivity contribution in [2.24, 2.45) is 0 Å². The van der Waals surface area contributed by atoms with Gasteiger partial charge in [0, 0.05) is 11.6 Å². The van der Waals surface area contributed by atoms with E-state index in [1.165, 1.54) is 30.3 Å². The van der Waals surface area contributed by atoms with Crippen molar-refractivity contribution in [3.05, 3.63) is 47.2 Å². The van der Waals surface area contributed by atoms with Crippen molar-refractivity contribution in [2.45, 2.75) is 0 Å². The zero-order valence-electron chi connectivity index (χ0n) is 11.0. The van der Waals surface area contributed by atoms with Crippen molar-refractivity contribution in [3.8, 4) is 6.07 Å². The minimum Gasteiger partial charge on any atom is -0.475 e. The Morgan fingerprint density at radius 1 is 1.32 bits per heavy atom. The Labute approximate surface area is 123 Å². The first-order chi connectivity index (χ1) is 10.6. The van der Waals surface area contributed by atoms with Crippen LogP contribution in [0.15, 0.2) is 34.7 Å². The van der Waals surface area contributed by atoms with Crippen LogP contribution in [0, 0.1) is 11.3 Å². The van der Waals surface area contributed by atoms with Crippen LogP contribution in [0.4, 0.5) is 5.82 Å². The molecule has 8 heteroatoms. The second-order valence-corrected chi connectivity index (χ2v) is 4.37. The standard InChI is InChI=1S/C14H8N4O4/c15-6-7-1-3-8(4-2-7)13(19)16-12-11-9(17-18-12)5-10(22-11)14(20)21/h1-5H,(H,20,21)(H2,16,17,18,19). The van der Waals surface area contributed by atoms with Crippen molar-refractivity contribution in [1.29, 1.82) is 5.26 Å². The molecule has 0 saturated heterocycles. The number of H-pyrrole nitrogens is 1. The Kier molecular flexibility index (Phi) is 3.08. The van der Waals surface area contributed by atoms with Gasteiger partial charge in [0.2, 0.25) is 5.76 Å². The van der Waals surface area contributed by atoms with Gasteiger partial charge in [0.25, 0.3) is 5.91 Å². The van der Waals surface area contributed by atoms with Gasteiger partial charge in [-0.05, 0) is 24.3 Å². The average Bonchev–Trinajstić information content (AvgIpc) is 3.09. The Bertz CT molecular complexity index is 915. The van der Waals surface area contributed by atoms with Crippen LogP contribution in [0.1, 0.15) is 26.5 Å². The lowest BCUT2D eigenvalue weighted by molar-refractivity contribution is 0.0665. The topological polar surface area (TPSA) is 132 Å². The van der Waals surface area contributed by atoms with Gasteiger partial charge in [-0.1, -0.05) is 0 Å². The van der Waals surface area contributed by atoms with E-state index in [4.69, 9.17) is 14.8 Å². The third-order valence-electron chi connectivity index (χ3n) is 2.95. The van der Waals surface area contributed by atoms with E-state index in [2.05, 4.69) is 15.5 Å².